The third-order valence-electron chi connectivity index (χ3n) is 4.39. The molecule has 1 nitrogen and oxygen atoms in total. The third kappa shape index (κ3) is 6.78. The standard InChI is InChI=1S/C17H35N/c1-5-6-7-8-13-16(14-18-17(2,3)4)15-11-9-10-12-15/h15-16,18H,5-14H2,1-4H3. The van der Waals surface area contributed by atoms with Crippen LogP contribution < -0.4 is 5.32 Å². The van der Waals surface area contributed by atoms with Crippen molar-refractivity contribution in [1.82, 2.24) is 5.32 Å². The summed E-state index contributed by atoms with van der Waals surface area (Å²) in [5.41, 5.74) is 0.278. The van der Waals surface area contributed by atoms with Gasteiger partial charge in [0, 0.05) is 5.54 Å². The maximum absolute atomic E-state index is 3.74. The van der Waals surface area contributed by atoms with Crippen LogP contribution in [0.5, 0.6) is 0 Å². The molecule has 0 bridgehead atoms. The second kappa shape index (κ2) is 8.19. The largest absolute Gasteiger partial charge is 0.312 e. The Balaban J connectivity index is 2.31. The van der Waals surface area contributed by atoms with E-state index in [4.69, 9.17) is 0 Å². The molecular formula is C17H35N. The summed E-state index contributed by atoms with van der Waals surface area (Å²) in [6.07, 6.45) is 13.0. The first-order valence-electron chi connectivity index (χ1n) is 8.28. The molecule has 0 spiro atoms. The Labute approximate surface area is 115 Å². The van der Waals surface area contributed by atoms with E-state index in [9.17, 15) is 0 Å². The molecule has 0 aromatic carbocycles. The predicted molar refractivity (Wildman–Crippen MR) is 82.0 cm³/mol. The Hall–Kier alpha value is -0.0400. The molecule has 1 aliphatic carbocycles. The SMILES string of the molecule is CCCCCCC(CNC(C)(C)C)C1CCCC1. The Kier molecular flexibility index (Phi) is 7.29. The molecule has 0 saturated heterocycles. The average Bonchev–Trinajstić information content (AvgIpc) is 2.80. The van der Waals surface area contributed by atoms with Crippen LogP contribution in [0.3, 0.4) is 0 Å². The Morgan fingerprint density at radius 1 is 1.06 bits per heavy atom. The van der Waals surface area contributed by atoms with E-state index in [0.717, 1.165) is 11.8 Å². The van der Waals surface area contributed by atoms with Crippen molar-refractivity contribution in [3.05, 3.63) is 0 Å². The lowest BCUT2D eigenvalue weighted by Gasteiger charge is -2.29. The minimum Gasteiger partial charge on any atom is -0.312 e. The third-order valence-corrected chi connectivity index (χ3v) is 4.39. The van der Waals surface area contributed by atoms with E-state index in [1.807, 2.05) is 0 Å². The number of hydrogen-bond donors (Lipinski definition) is 1. The summed E-state index contributed by atoms with van der Waals surface area (Å²) in [6, 6.07) is 0. The zero-order valence-electron chi connectivity index (χ0n) is 13.2. The summed E-state index contributed by atoms with van der Waals surface area (Å²) in [6.45, 7) is 10.4. The fourth-order valence-corrected chi connectivity index (χ4v) is 3.20. The molecule has 1 saturated carbocycles. The van der Waals surface area contributed by atoms with Crippen molar-refractivity contribution in [3.63, 3.8) is 0 Å². The van der Waals surface area contributed by atoms with Crippen LogP contribution in [0.2, 0.25) is 0 Å². The summed E-state index contributed by atoms with van der Waals surface area (Å²) in [5.74, 6) is 1.95. The number of unbranched alkanes of at least 4 members (excludes halogenated alkanes) is 3. The van der Waals surface area contributed by atoms with E-state index in [0.29, 0.717) is 0 Å². The van der Waals surface area contributed by atoms with Crippen molar-refractivity contribution in [2.75, 3.05) is 6.54 Å². The second-order valence-electron chi connectivity index (χ2n) is 7.28. The maximum atomic E-state index is 3.74. The van der Waals surface area contributed by atoms with Gasteiger partial charge in [-0.15, -0.1) is 0 Å². The van der Waals surface area contributed by atoms with Gasteiger partial charge in [0.05, 0.1) is 0 Å². The van der Waals surface area contributed by atoms with E-state index < -0.39 is 0 Å². The zero-order valence-corrected chi connectivity index (χ0v) is 13.2. The van der Waals surface area contributed by atoms with Gasteiger partial charge in [-0.2, -0.15) is 0 Å². The molecule has 1 N–H and O–H groups in total. The monoisotopic (exact) mass is 253 g/mol. The van der Waals surface area contributed by atoms with Crippen LogP contribution in [0.1, 0.15) is 85.5 Å². The van der Waals surface area contributed by atoms with Gasteiger partial charge in [-0.25, -0.2) is 0 Å². The van der Waals surface area contributed by atoms with Gasteiger partial charge in [-0.05, 0) is 45.6 Å². The summed E-state index contributed by atoms with van der Waals surface area (Å²) in [7, 11) is 0. The topological polar surface area (TPSA) is 12.0 Å². The maximum Gasteiger partial charge on any atom is 0.00966 e. The molecule has 108 valence electrons. The summed E-state index contributed by atoms with van der Waals surface area (Å²) >= 11 is 0. The molecule has 0 radical (unpaired) electrons. The molecule has 1 rings (SSSR count). The van der Waals surface area contributed by atoms with Crippen LogP contribution >= 0.6 is 0 Å². The molecule has 0 aromatic heterocycles. The molecule has 1 unspecified atom stereocenters. The average molecular weight is 253 g/mol. The van der Waals surface area contributed by atoms with E-state index >= 15 is 0 Å². The molecule has 1 atom stereocenters. The van der Waals surface area contributed by atoms with Crippen molar-refractivity contribution in [3.8, 4) is 0 Å². The van der Waals surface area contributed by atoms with Gasteiger partial charge in [-0.3, -0.25) is 0 Å². The lowest BCUT2D eigenvalue weighted by atomic mass is 9.85. The Morgan fingerprint density at radius 3 is 2.28 bits per heavy atom. The van der Waals surface area contributed by atoms with Gasteiger partial charge < -0.3 is 5.32 Å². The first-order valence-corrected chi connectivity index (χ1v) is 8.28. The van der Waals surface area contributed by atoms with Crippen LogP contribution in [0.4, 0.5) is 0 Å². The molecular weight excluding hydrogens is 218 g/mol. The summed E-state index contributed by atoms with van der Waals surface area (Å²) in [4.78, 5) is 0. The minimum absolute atomic E-state index is 0.278. The molecule has 18 heavy (non-hydrogen) atoms. The lowest BCUT2D eigenvalue weighted by Crippen LogP contribution is -2.40. The molecule has 0 amide bonds. The van der Waals surface area contributed by atoms with Crippen molar-refractivity contribution >= 4 is 0 Å². The quantitative estimate of drug-likeness (QED) is 0.590. The van der Waals surface area contributed by atoms with Crippen molar-refractivity contribution in [2.24, 2.45) is 11.8 Å². The van der Waals surface area contributed by atoms with Crippen LogP contribution in [0.15, 0.2) is 0 Å². The molecule has 1 aliphatic rings. The molecule has 0 aromatic rings. The summed E-state index contributed by atoms with van der Waals surface area (Å²) in [5, 5.41) is 3.74. The number of nitrogens with one attached hydrogen (secondary N) is 1. The van der Waals surface area contributed by atoms with Gasteiger partial charge in [0.15, 0.2) is 0 Å². The highest BCUT2D eigenvalue weighted by atomic mass is 14.9. The van der Waals surface area contributed by atoms with Crippen LogP contribution in [0, 0.1) is 11.8 Å². The number of rotatable bonds is 8. The van der Waals surface area contributed by atoms with Gasteiger partial charge in [0.25, 0.3) is 0 Å². The van der Waals surface area contributed by atoms with Crippen LogP contribution in [-0.4, -0.2) is 12.1 Å². The van der Waals surface area contributed by atoms with Crippen molar-refractivity contribution in [1.29, 1.82) is 0 Å². The first-order chi connectivity index (χ1) is 8.53. The highest BCUT2D eigenvalue weighted by Crippen LogP contribution is 2.34. The van der Waals surface area contributed by atoms with E-state index in [1.54, 1.807) is 0 Å². The molecule has 1 heteroatoms. The fraction of sp³-hybridized carbons (Fsp3) is 1.00. The van der Waals surface area contributed by atoms with Crippen molar-refractivity contribution in [2.45, 2.75) is 91.0 Å². The highest BCUT2D eigenvalue weighted by Gasteiger charge is 2.25. The predicted octanol–water partition coefficient (Wildman–Crippen LogP) is 5.15. The van der Waals surface area contributed by atoms with Gasteiger partial charge in [-0.1, -0.05) is 58.3 Å². The van der Waals surface area contributed by atoms with Crippen LogP contribution in [0.25, 0.3) is 0 Å². The van der Waals surface area contributed by atoms with Crippen molar-refractivity contribution < 1.29 is 0 Å². The van der Waals surface area contributed by atoms with E-state index in [1.165, 1.54) is 64.3 Å². The summed E-state index contributed by atoms with van der Waals surface area (Å²) < 4.78 is 0. The first kappa shape index (κ1) is 16.0. The Morgan fingerprint density at radius 2 is 1.72 bits per heavy atom. The second-order valence-corrected chi connectivity index (χ2v) is 7.28. The smallest absolute Gasteiger partial charge is 0.00966 e. The van der Waals surface area contributed by atoms with Gasteiger partial charge in [0.2, 0.25) is 0 Å². The van der Waals surface area contributed by atoms with Gasteiger partial charge >= 0.3 is 0 Å². The molecule has 1 fully saturated rings. The Bertz CT molecular complexity index is 198. The highest BCUT2D eigenvalue weighted by molar-refractivity contribution is 4.80. The minimum atomic E-state index is 0.278. The molecule has 0 aliphatic heterocycles. The zero-order chi connectivity index (χ0) is 13.4. The van der Waals surface area contributed by atoms with E-state index in [-0.39, 0.29) is 5.54 Å². The lowest BCUT2D eigenvalue weighted by molar-refractivity contribution is 0.267. The normalized spacial score (nSPS) is 19.3. The van der Waals surface area contributed by atoms with E-state index in [2.05, 4.69) is 33.0 Å². The van der Waals surface area contributed by atoms with Crippen LogP contribution in [-0.2, 0) is 0 Å². The van der Waals surface area contributed by atoms with Gasteiger partial charge in [0.1, 0.15) is 0 Å². The number of hydrogen-bond acceptors (Lipinski definition) is 1. The fourth-order valence-electron chi connectivity index (χ4n) is 3.20. The molecule has 0 heterocycles.